The van der Waals surface area contributed by atoms with Crippen molar-refractivity contribution in [1.29, 1.82) is 0 Å². The highest BCUT2D eigenvalue weighted by Gasteiger charge is 2.22. The van der Waals surface area contributed by atoms with Gasteiger partial charge in [-0.2, -0.15) is 0 Å². The summed E-state index contributed by atoms with van der Waals surface area (Å²) < 4.78 is 5.39. The smallest absolute Gasteiger partial charge is 0.267 e. The van der Waals surface area contributed by atoms with Crippen LogP contribution in [0.15, 0.2) is 48.8 Å². The van der Waals surface area contributed by atoms with Crippen LogP contribution in [0.4, 0.5) is 5.82 Å². The molecular weight excluding hydrogens is 422 g/mol. The van der Waals surface area contributed by atoms with Crippen LogP contribution in [0.5, 0.6) is 0 Å². The lowest BCUT2D eigenvalue weighted by Crippen LogP contribution is -2.42. The summed E-state index contributed by atoms with van der Waals surface area (Å²) in [6.07, 6.45) is 8.27. The Kier molecular flexibility index (Phi) is 9.34. The topological polar surface area (TPSA) is 114 Å². The van der Waals surface area contributed by atoms with E-state index >= 15 is 0 Å². The number of aromatic nitrogens is 2. The molecule has 0 radical (unpaired) electrons. The van der Waals surface area contributed by atoms with Crippen LogP contribution >= 0.6 is 0 Å². The molecule has 0 aliphatic carbocycles. The molecule has 3 N–H and O–H groups in total. The van der Waals surface area contributed by atoms with Gasteiger partial charge in [-0.15, -0.1) is 0 Å². The van der Waals surface area contributed by atoms with Gasteiger partial charge >= 0.3 is 0 Å². The number of amides is 2. The molecule has 0 bridgehead atoms. The van der Waals surface area contributed by atoms with Gasteiger partial charge in [-0.05, 0) is 30.4 Å². The van der Waals surface area contributed by atoms with E-state index in [9.17, 15) is 9.59 Å². The van der Waals surface area contributed by atoms with E-state index in [0.29, 0.717) is 24.7 Å². The molecule has 9 nitrogen and oxygen atoms in total. The first kappa shape index (κ1) is 24.3. The molecule has 1 aliphatic heterocycles. The normalized spacial score (nSPS) is 17.0. The molecule has 1 aliphatic rings. The minimum Gasteiger partial charge on any atom is -0.357 e. The van der Waals surface area contributed by atoms with Gasteiger partial charge in [0.1, 0.15) is 11.9 Å². The molecule has 3 rings (SSSR count). The molecule has 2 atom stereocenters. The number of hydrogen-bond acceptors (Lipinski definition) is 7. The highest BCUT2D eigenvalue weighted by atomic mass is 16.8. The molecule has 1 saturated heterocycles. The Morgan fingerprint density at radius 1 is 1.18 bits per heavy atom. The molecule has 1 aromatic heterocycles. The van der Waals surface area contributed by atoms with Crippen molar-refractivity contribution in [3.63, 3.8) is 0 Å². The van der Waals surface area contributed by atoms with Gasteiger partial charge in [0.05, 0.1) is 18.1 Å². The Morgan fingerprint density at radius 2 is 2.00 bits per heavy atom. The zero-order valence-electron chi connectivity index (χ0n) is 19.0. The third-order valence-corrected chi connectivity index (χ3v) is 5.07. The zero-order chi connectivity index (χ0) is 23.5. The van der Waals surface area contributed by atoms with Crippen LogP contribution in [-0.2, 0) is 25.7 Å². The molecule has 1 aromatic carbocycles. The van der Waals surface area contributed by atoms with Gasteiger partial charge in [-0.1, -0.05) is 44.2 Å². The van der Waals surface area contributed by atoms with Crippen molar-refractivity contribution in [1.82, 2.24) is 20.8 Å². The maximum Gasteiger partial charge on any atom is 0.267 e. The van der Waals surface area contributed by atoms with Crippen molar-refractivity contribution in [2.75, 3.05) is 11.9 Å². The third kappa shape index (κ3) is 8.28. The van der Waals surface area contributed by atoms with Crippen LogP contribution in [-0.4, -0.2) is 40.7 Å². The monoisotopic (exact) mass is 453 g/mol. The lowest BCUT2D eigenvalue weighted by Gasteiger charge is -2.22. The Bertz CT molecular complexity index is 912. The van der Waals surface area contributed by atoms with Crippen molar-refractivity contribution in [3.8, 4) is 0 Å². The molecule has 9 heteroatoms. The highest BCUT2D eigenvalue weighted by molar-refractivity contribution is 5.90. The van der Waals surface area contributed by atoms with E-state index in [1.54, 1.807) is 0 Å². The number of benzene rings is 1. The van der Waals surface area contributed by atoms with Crippen LogP contribution in [0.2, 0.25) is 0 Å². The molecule has 176 valence electrons. The fourth-order valence-corrected chi connectivity index (χ4v) is 3.21. The summed E-state index contributed by atoms with van der Waals surface area (Å²) in [5.41, 5.74) is 3.88. The van der Waals surface area contributed by atoms with Crippen molar-refractivity contribution in [3.05, 3.63) is 60.1 Å². The molecule has 2 aromatic rings. The van der Waals surface area contributed by atoms with Gasteiger partial charge < -0.3 is 15.4 Å². The molecular formula is C24H31N5O4. The van der Waals surface area contributed by atoms with Crippen LogP contribution in [0, 0.1) is 5.92 Å². The first-order chi connectivity index (χ1) is 16.0. The Balaban J connectivity index is 1.48. The standard InChI is InChI=1S/C24H31N5O4/c1-17(2)23(24(31)27-14-18-8-4-3-5-9-18)28-20-16-25-19(15-26-20)11-12-21(30)29-33-22-10-6-7-13-32-22/h3-5,8-9,11-12,15-17,22-23H,6-7,10,13-14H2,1-2H3,(H,26,28)(H,27,31)(H,29,30)/b12-11+/t22?,23-/m1/s1. The Morgan fingerprint density at radius 3 is 2.67 bits per heavy atom. The third-order valence-electron chi connectivity index (χ3n) is 5.07. The summed E-state index contributed by atoms with van der Waals surface area (Å²) in [4.78, 5) is 38.4. The number of carbonyl (C=O) groups excluding carboxylic acids is 2. The largest absolute Gasteiger partial charge is 0.357 e. The molecule has 2 heterocycles. The molecule has 0 saturated carbocycles. The van der Waals surface area contributed by atoms with E-state index in [1.807, 2.05) is 44.2 Å². The average Bonchev–Trinajstić information content (AvgIpc) is 2.85. The predicted molar refractivity (Wildman–Crippen MR) is 124 cm³/mol. The lowest BCUT2D eigenvalue weighted by molar-refractivity contribution is -0.198. The number of hydroxylamine groups is 1. The van der Waals surface area contributed by atoms with Gasteiger partial charge in [0, 0.05) is 25.6 Å². The molecule has 0 spiro atoms. The summed E-state index contributed by atoms with van der Waals surface area (Å²) in [6, 6.07) is 9.28. The van der Waals surface area contributed by atoms with Gasteiger partial charge in [-0.3, -0.25) is 14.6 Å². The van der Waals surface area contributed by atoms with E-state index in [1.165, 1.54) is 24.5 Å². The average molecular weight is 454 g/mol. The van der Waals surface area contributed by atoms with Gasteiger partial charge in [-0.25, -0.2) is 15.3 Å². The van der Waals surface area contributed by atoms with E-state index in [2.05, 4.69) is 26.1 Å². The van der Waals surface area contributed by atoms with E-state index in [0.717, 1.165) is 24.8 Å². The summed E-state index contributed by atoms with van der Waals surface area (Å²) in [5.74, 6) is -0.0108. The minimum absolute atomic E-state index is 0.0407. The van der Waals surface area contributed by atoms with Crippen molar-refractivity contribution in [2.24, 2.45) is 5.92 Å². The van der Waals surface area contributed by atoms with Crippen molar-refractivity contribution < 1.29 is 19.2 Å². The summed E-state index contributed by atoms with van der Waals surface area (Å²) in [5, 5.41) is 6.09. The summed E-state index contributed by atoms with van der Waals surface area (Å²) >= 11 is 0. The molecule has 2 amide bonds. The first-order valence-corrected chi connectivity index (χ1v) is 11.2. The number of anilines is 1. The van der Waals surface area contributed by atoms with Crippen molar-refractivity contribution in [2.45, 2.75) is 52.0 Å². The number of carbonyl (C=O) groups is 2. The second-order valence-corrected chi connectivity index (χ2v) is 8.11. The molecule has 1 unspecified atom stereocenters. The predicted octanol–water partition coefficient (Wildman–Crippen LogP) is 2.82. The van der Waals surface area contributed by atoms with E-state index in [-0.39, 0.29) is 11.8 Å². The van der Waals surface area contributed by atoms with Crippen LogP contribution in [0.25, 0.3) is 6.08 Å². The van der Waals surface area contributed by atoms with E-state index < -0.39 is 18.2 Å². The fraction of sp³-hybridized carbons (Fsp3) is 0.417. The lowest BCUT2D eigenvalue weighted by atomic mass is 10.0. The van der Waals surface area contributed by atoms with Gasteiger partial charge in [0.25, 0.3) is 5.91 Å². The molecule has 1 fully saturated rings. The zero-order valence-corrected chi connectivity index (χ0v) is 19.0. The summed E-state index contributed by atoms with van der Waals surface area (Å²) in [7, 11) is 0. The quantitative estimate of drug-likeness (QED) is 0.374. The second-order valence-electron chi connectivity index (χ2n) is 8.11. The Hall–Kier alpha value is -3.30. The maximum absolute atomic E-state index is 12.7. The summed E-state index contributed by atoms with van der Waals surface area (Å²) in [6.45, 7) is 5.02. The van der Waals surface area contributed by atoms with Crippen LogP contribution < -0.4 is 16.1 Å². The number of nitrogens with zero attached hydrogens (tertiary/aromatic N) is 2. The molecule has 33 heavy (non-hydrogen) atoms. The van der Waals surface area contributed by atoms with E-state index in [4.69, 9.17) is 9.57 Å². The number of hydrogen-bond donors (Lipinski definition) is 3. The van der Waals surface area contributed by atoms with Gasteiger partial charge in [0.2, 0.25) is 5.91 Å². The van der Waals surface area contributed by atoms with Crippen LogP contribution in [0.1, 0.15) is 44.4 Å². The fourth-order valence-electron chi connectivity index (χ4n) is 3.21. The minimum atomic E-state index is -0.464. The maximum atomic E-state index is 12.7. The number of nitrogens with one attached hydrogen (secondary N) is 3. The van der Waals surface area contributed by atoms with Gasteiger partial charge in [0.15, 0.2) is 6.29 Å². The SMILES string of the molecule is CC(C)[C@@H](Nc1cnc(/C=C/C(=O)NOC2CCCCO2)cn1)C(=O)NCc1ccccc1. The first-order valence-electron chi connectivity index (χ1n) is 11.2. The Labute approximate surface area is 193 Å². The number of rotatable bonds is 10. The van der Waals surface area contributed by atoms with Crippen molar-refractivity contribution >= 4 is 23.7 Å². The number of ether oxygens (including phenoxy) is 1. The van der Waals surface area contributed by atoms with Crippen LogP contribution in [0.3, 0.4) is 0 Å². The highest BCUT2D eigenvalue weighted by Crippen LogP contribution is 2.13. The second kappa shape index (κ2) is 12.7.